The minimum Gasteiger partial charge on any atom is -0.462 e. The molecule has 0 heterocycles. The van der Waals surface area contributed by atoms with Crippen LogP contribution in [0.4, 0.5) is 13.2 Å². The summed E-state index contributed by atoms with van der Waals surface area (Å²) in [5, 5.41) is 13.4. The highest BCUT2D eigenvalue weighted by Crippen LogP contribution is 2.30. The normalized spacial score (nSPS) is 13.7. The van der Waals surface area contributed by atoms with Crippen molar-refractivity contribution in [1.29, 1.82) is 0 Å². The molecule has 0 saturated carbocycles. The second-order valence-corrected chi connectivity index (χ2v) is 10.5. The molecule has 3 aromatic rings. The van der Waals surface area contributed by atoms with Gasteiger partial charge in [0.15, 0.2) is 0 Å². The zero-order chi connectivity index (χ0) is 27.2. The lowest BCUT2D eigenvalue weighted by atomic mass is 10.0. The molecule has 3 rings (SSSR count). The van der Waals surface area contributed by atoms with E-state index in [1.165, 1.54) is 48.5 Å². The second kappa shape index (κ2) is 11.9. The van der Waals surface area contributed by atoms with Gasteiger partial charge in [-0.3, -0.25) is 0 Å². The fraction of sp³-hybridized carbons (Fsp3) is 0.296. The van der Waals surface area contributed by atoms with E-state index in [9.17, 15) is 31.5 Å². The zero-order valence-corrected chi connectivity index (χ0v) is 21.1. The Morgan fingerprint density at radius 2 is 1.59 bits per heavy atom. The van der Waals surface area contributed by atoms with Crippen LogP contribution in [0.5, 0.6) is 0 Å². The van der Waals surface area contributed by atoms with E-state index in [1.54, 1.807) is 19.1 Å². The van der Waals surface area contributed by atoms with Crippen LogP contribution < -0.4 is 5.32 Å². The molecule has 3 aromatic carbocycles. The van der Waals surface area contributed by atoms with Crippen molar-refractivity contribution >= 4 is 15.8 Å². The summed E-state index contributed by atoms with van der Waals surface area (Å²) in [5.74, 6) is -0.527. The third-order valence-electron chi connectivity index (χ3n) is 5.71. The van der Waals surface area contributed by atoms with Gasteiger partial charge in [0.1, 0.15) is 0 Å². The summed E-state index contributed by atoms with van der Waals surface area (Å²) in [7, 11) is -3.79. The average molecular weight is 536 g/mol. The first-order chi connectivity index (χ1) is 17.4. The Balaban J connectivity index is 1.59. The smallest absolute Gasteiger partial charge is 0.416 e. The molecule has 0 aromatic heterocycles. The first-order valence-electron chi connectivity index (χ1n) is 11.6. The van der Waals surface area contributed by atoms with Gasteiger partial charge >= 0.3 is 12.1 Å². The van der Waals surface area contributed by atoms with Crippen molar-refractivity contribution < 1.29 is 36.2 Å². The van der Waals surface area contributed by atoms with E-state index in [0.717, 1.165) is 17.7 Å². The van der Waals surface area contributed by atoms with Crippen molar-refractivity contribution in [2.75, 3.05) is 13.2 Å². The van der Waals surface area contributed by atoms with Gasteiger partial charge in [-0.25, -0.2) is 13.2 Å². The Morgan fingerprint density at radius 1 is 1.00 bits per heavy atom. The maximum Gasteiger partial charge on any atom is 0.416 e. The maximum atomic E-state index is 12.9. The number of carbonyl (C=O) groups excluding carboxylic acids is 1. The summed E-state index contributed by atoms with van der Waals surface area (Å²) < 4.78 is 69.5. The molecular weight excluding hydrogens is 507 g/mol. The van der Waals surface area contributed by atoms with Crippen LogP contribution in [0.2, 0.25) is 0 Å². The summed E-state index contributed by atoms with van der Waals surface area (Å²) in [6.45, 7) is 3.81. The van der Waals surface area contributed by atoms with Gasteiger partial charge in [-0.15, -0.1) is 0 Å². The number of alkyl halides is 3. The molecule has 2 N–H and O–H groups in total. The van der Waals surface area contributed by atoms with Crippen LogP contribution in [0.15, 0.2) is 82.6 Å². The van der Waals surface area contributed by atoms with Crippen molar-refractivity contribution in [1.82, 2.24) is 5.32 Å². The standard InChI is InChI=1S/C27H28F3NO5S/c1-3-36-26(33)20-9-13-24(14-10-20)37(34,35)23-11-7-19(8-12-23)15-18(2)31-17-25(32)21-5-4-6-22(16-21)27(28,29)30/h4-14,16,18,25,31-32H,3,15,17H2,1-2H3/t18-,25+/m1/s1. The molecule has 0 aliphatic carbocycles. The molecule has 0 radical (unpaired) electrons. The number of rotatable bonds is 10. The van der Waals surface area contributed by atoms with Gasteiger partial charge in [0.2, 0.25) is 9.84 Å². The molecule has 0 aliphatic rings. The van der Waals surface area contributed by atoms with E-state index < -0.39 is 33.7 Å². The number of hydrogen-bond acceptors (Lipinski definition) is 6. The number of sulfone groups is 1. The molecule has 10 heteroatoms. The van der Waals surface area contributed by atoms with Crippen molar-refractivity contribution in [3.8, 4) is 0 Å². The predicted octanol–water partition coefficient (Wildman–Crippen LogP) is 4.97. The number of carbonyl (C=O) groups is 1. The van der Waals surface area contributed by atoms with Crippen LogP contribution in [0, 0.1) is 0 Å². The number of aliphatic hydroxyl groups is 1. The Kier molecular flexibility index (Phi) is 9.12. The predicted molar refractivity (Wildman–Crippen MR) is 132 cm³/mol. The van der Waals surface area contributed by atoms with Gasteiger partial charge < -0.3 is 15.2 Å². The molecule has 0 aliphatic heterocycles. The van der Waals surface area contributed by atoms with Gasteiger partial charge in [0.05, 0.1) is 33.6 Å². The molecule has 0 bridgehead atoms. The molecule has 37 heavy (non-hydrogen) atoms. The molecule has 0 saturated heterocycles. The number of halogens is 3. The SMILES string of the molecule is CCOC(=O)c1ccc(S(=O)(=O)c2ccc(C[C@@H](C)NC[C@H](O)c3cccc(C(F)(F)F)c3)cc2)cc1. The molecular formula is C27H28F3NO5S. The fourth-order valence-electron chi connectivity index (χ4n) is 3.70. The lowest BCUT2D eigenvalue weighted by molar-refractivity contribution is -0.137. The topological polar surface area (TPSA) is 92.7 Å². The van der Waals surface area contributed by atoms with Crippen LogP contribution in [-0.4, -0.2) is 38.7 Å². The van der Waals surface area contributed by atoms with Crippen LogP contribution >= 0.6 is 0 Å². The third kappa shape index (κ3) is 7.41. The highest BCUT2D eigenvalue weighted by Gasteiger charge is 2.30. The maximum absolute atomic E-state index is 12.9. The highest BCUT2D eigenvalue weighted by molar-refractivity contribution is 7.91. The first kappa shape index (κ1) is 28.4. The molecule has 2 atom stereocenters. The van der Waals surface area contributed by atoms with E-state index in [1.807, 2.05) is 6.92 Å². The Labute approximate surface area is 214 Å². The van der Waals surface area contributed by atoms with Crippen LogP contribution in [0.3, 0.4) is 0 Å². The summed E-state index contributed by atoms with van der Waals surface area (Å²) in [5.41, 5.74) is 0.447. The molecule has 6 nitrogen and oxygen atoms in total. The van der Waals surface area contributed by atoms with Crippen molar-refractivity contribution in [3.05, 3.63) is 95.1 Å². The zero-order valence-electron chi connectivity index (χ0n) is 20.3. The Bertz CT molecular complexity index is 1310. The molecule has 0 unspecified atom stereocenters. The number of nitrogens with one attached hydrogen (secondary N) is 1. The number of hydrogen-bond donors (Lipinski definition) is 2. The minimum absolute atomic E-state index is 0.0481. The van der Waals surface area contributed by atoms with Gasteiger partial charge in [0.25, 0.3) is 0 Å². The average Bonchev–Trinajstić information content (AvgIpc) is 2.87. The molecule has 0 spiro atoms. The van der Waals surface area contributed by atoms with Crippen molar-refractivity contribution in [2.24, 2.45) is 0 Å². The van der Waals surface area contributed by atoms with Crippen LogP contribution in [0.25, 0.3) is 0 Å². The fourth-order valence-corrected chi connectivity index (χ4v) is 4.96. The Hall–Kier alpha value is -3.21. The summed E-state index contributed by atoms with van der Waals surface area (Å²) in [4.78, 5) is 11.9. The largest absolute Gasteiger partial charge is 0.462 e. The van der Waals surface area contributed by atoms with Crippen LogP contribution in [-0.2, 0) is 27.2 Å². The molecule has 198 valence electrons. The van der Waals surface area contributed by atoms with Crippen LogP contribution in [0.1, 0.15) is 47.0 Å². The minimum atomic E-state index is -4.48. The number of esters is 1. The summed E-state index contributed by atoms with van der Waals surface area (Å²) in [6, 6.07) is 16.3. The molecule has 0 fully saturated rings. The van der Waals surface area contributed by atoms with Gasteiger partial charge in [0, 0.05) is 12.6 Å². The first-order valence-corrected chi connectivity index (χ1v) is 13.1. The quantitative estimate of drug-likeness (QED) is 0.356. The third-order valence-corrected chi connectivity index (χ3v) is 7.50. The van der Waals surface area contributed by atoms with E-state index in [-0.39, 0.29) is 40.1 Å². The second-order valence-electron chi connectivity index (χ2n) is 8.54. The number of aliphatic hydroxyl groups excluding tert-OH is 1. The van der Waals surface area contributed by atoms with Crippen molar-refractivity contribution in [2.45, 2.75) is 48.4 Å². The lowest BCUT2D eigenvalue weighted by Gasteiger charge is -2.18. The van der Waals surface area contributed by atoms with E-state index in [2.05, 4.69) is 5.32 Å². The van der Waals surface area contributed by atoms with Gasteiger partial charge in [-0.05, 0) is 79.9 Å². The Morgan fingerprint density at radius 3 is 2.16 bits per heavy atom. The monoisotopic (exact) mass is 535 g/mol. The van der Waals surface area contributed by atoms with Gasteiger partial charge in [-0.2, -0.15) is 13.2 Å². The lowest BCUT2D eigenvalue weighted by Crippen LogP contribution is -2.32. The van der Waals surface area contributed by atoms with Crippen molar-refractivity contribution in [3.63, 3.8) is 0 Å². The molecule has 0 amide bonds. The summed E-state index contributed by atoms with van der Waals surface area (Å²) in [6.07, 6.45) is -5.10. The van der Waals surface area contributed by atoms with E-state index in [4.69, 9.17) is 4.74 Å². The van der Waals surface area contributed by atoms with Gasteiger partial charge in [-0.1, -0.05) is 24.3 Å². The van der Waals surface area contributed by atoms with E-state index >= 15 is 0 Å². The number of ether oxygens (including phenoxy) is 1. The highest BCUT2D eigenvalue weighted by atomic mass is 32.2. The van der Waals surface area contributed by atoms with E-state index in [0.29, 0.717) is 6.42 Å². The number of benzene rings is 3. The summed E-state index contributed by atoms with van der Waals surface area (Å²) >= 11 is 0.